The van der Waals surface area contributed by atoms with Crippen LogP contribution in [0, 0.1) is 0 Å². The van der Waals surface area contributed by atoms with Gasteiger partial charge in [-0.25, -0.2) is 4.98 Å². The van der Waals surface area contributed by atoms with Gasteiger partial charge in [-0.15, -0.1) is 11.3 Å². The van der Waals surface area contributed by atoms with Gasteiger partial charge in [0, 0.05) is 24.5 Å². The lowest BCUT2D eigenvalue weighted by atomic mass is 10.3. The van der Waals surface area contributed by atoms with Crippen LogP contribution in [-0.2, 0) is 13.0 Å². The minimum atomic E-state index is 0.965. The van der Waals surface area contributed by atoms with Gasteiger partial charge in [-0.2, -0.15) is 0 Å². The number of nitrogens with one attached hydrogen (secondary N) is 1. The number of aromatic nitrogens is 1. The van der Waals surface area contributed by atoms with Crippen LogP contribution in [0.1, 0.15) is 63.9 Å². The zero-order chi connectivity index (χ0) is 14.8. The van der Waals surface area contributed by atoms with Gasteiger partial charge >= 0.3 is 0 Å². The van der Waals surface area contributed by atoms with E-state index in [1.165, 1.54) is 41.4 Å². The van der Waals surface area contributed by atoms with Crippen LogP contribution in [0.3, 0.4) is 0 Å². The van der Waals surface area contributed by atoms with Gasteiger partial charge in [-0.3, -0.25) is 0 Å². The molecular weight excluding hydrogens is 266 g/mol. The normalized spacial score (nSPS) is 11.0. The van der Waals surface area contributed by atoms with Crippen molar-refractivity contribution in [1.29, 1.82) is 0 Å². The van der Waals surface area contributed by atoms with Gasteiger partial charge < -0.3 is 10.2 Å². The maximum atomic E-state index is 4.89. The minimum absolute atomic E-state index is 0.965. The van der Waals surface area contributed by atoms with E-state index in [9.17, 15) is 0 Å². The van der Waals surface area contributed by atoms with E-state index >= 15 is 0 Å². The Labute approximate surface area is 128 Å². The van der Waals surface area contributed by atoms with Gasteiger partial charge in [-0.1, -0.05) is 40.5 Å². The Morgan fingerprint density at radius 1 is 1.05 bits per heavy atom. The highest BCUT2D eigenvalue weighted by atomic mass is 32.1. The second kappa shape index (κ2) is 10.2. The molecule has 0 saturated carbocycles. The van der Waals surface area contributed by atoms with E-state index in [1.54, 1.807) is 0 Å². The summed E-state index contributed by atoms with van der Waals surface area (Å²) in [7, 11) is 0. The number of thiazole rings is 1. The van der Waals surface area contributed by atoms with E-state index < -0.39 is 0 Å². The van der Waals surface area contributed by atoms with Gasteiger partial charge in [-0.05, 0) is 25.8 Å². The first kappa shape index (κ1) is 17.4. The summed E-state index contributed by atoms with van der Waals surface area (Å²) in [6, 6.07) is 0. The van der Waals surface area contributed by atoms with E-state index in [0.717, 1.165) is 32.6 Å². The second-order valence-electron chi connectivity index (χ2n) is 5.19. The predicted octanol–water partition coefficient (Wildman–Crippen LogP) is 4.22. The van der Waals surface area contributed by atoms with Gasteiger partial charge in [0.2, 0.25) is 0 Å². The molecule has 1 rings (SSSR count). The Morgan fingerprint density at radius 3 is 2.20 bits per heavy atom. The molecule has 0 fully saturated rings. The molecule has 0 atom stereocenters. The van der Waals surface area contributed by atoms with Crippen molar-refractivity contribution in [3.8, 4) is 0 Å². The summed E-state index contributed by atoms with van der Waals surface area (Å²) >= 11 is 1.89. The molecule has 3 nitrogen and oxygen atoms in total. The summed E-state index contributed by atoms with van der Waals surface area (Å²) in [6.45, 7) is 13.2. The van der Waals surface area contributed by atoms with Crippen molar-refractivity contribution in [2.75, 3.05) is 24.5 Å². The highest BCUT2D eigenvalue weighted by Gasteiger charge is 2.14. The molecule has 116 valence electrons. The zero-order valence-electron chi connectivity index (χ0n) is 13.7. The van der Waals surface area contributed by atoms with Crippen molar-refractivity contribution in [2.45, 2.75) is 66.3 Å². The Morgan fingerprint density at radius 2 is 1.70 bits per heavy atom. The maximum absolute atomic E-state index is 4.89. The molecule has 0 aromatic carbocycles. The van der Waals surface area contributed by atoms with E-state index in [4.69, 9.17) is 4.98 Å². The largest absolute Gasteiger partial charge is 0.348 e. The summed E-state index contributed by atoms with van der Waals surface area (Å²) < 4.78 is 0. The van der Waals surface area contributed by atoms with Crippen molar-refractivity contribution in [3.63, 3.8) is 0 Å². The lowest BCUT2D eigenvalue weighted by molar-refractivity contribution is 0.675. The average Bonchev–Trinajstić information content (AvgIpc) is 2.88. The number of anilines is 1. The summed E-state index contributed by atoms with van der Waals surface area (Å²) in [5, 5.41) is 4.66. The first-order valence-electron chi connectivity index (χ1n) is 8.20. The third-order valence-corrected chi connectivity index (χ3v) is 4.63. The summed E-state index contributed by atoms with van der Waals surface area (Å²) in [5.41, 5.74) is 1.28. The third-order valence-electron chi connectivity index (χ3n) is 3.47. The minimum Gasteiger partial charge on any atom is -0.348 e. The van der Waals surface area contributed by atoms with Crippen LogP contribution < -0.4 is 10.2 Å². The standard InChI is InChI=1S/C16H31N3S/c1-5-9-11-19(12-10-6-2)16-18-14(7-3)15(20-16)13-17-8-4/h17H,5-13H2,1-4H3. The molecule has 0 aliphatic heterocycles. The summed E-state index contributed by atoms with van der Waals surface area (Å²) in [6.07, 6.45) is 6.05. The molecule has 0 amide bonds. The van der Waals surface area contributed by atoms with Gasteiger partial charge in [0.05, 0.1) is 5.69 Å². The smallest absolute Gasteiger partial charge is 0.185 e. The molecule has 1 heterocycles. The topological polar surface area (TPSA) is 28.2 Å². The molecule has 20 heavy (non-hydrogen) atoms. The van der Waals surface area contributed by atoms with Crippen molar-refractivity contribution in [3.05, 3.63) is 10.6 Å². The van der Waals surface area contributed by atoms with Crippen LogP contribution in [0.5, 0.6) is 0 Å². The maximum Gasteiger partial charge on any atom is 0.185 e. The van der Waals surface area contributed by atoms with Crippen LogP contribution in [0.15, 0.2) is 0 Å². The van der Waals surface area contributed by atoms with Crippen molar-refractivity contribution < 1.29 is 0 Å². The number of rotatable bonds is 11. The lowest BCUT2D eigenvalue weighted by Gasteiger charge is -2.21. The first-order valence-corrected chi connectivity index (χ1v) is 9.02. The van der Waals surface area contributed by atoms with Crippen molar-refractivity contribution >= 4 is 16.5 Å². The SMILES string of the molecule is CCCCN(CCCC)c1nc(CC)c(CNCC)s1. The second-order valence-corrected chi connectivity index (χ2v) is 6.26. The number of unbranched alkanes of at least 4 members (excludes halogenated alkanes) is 2. The summed E-state index contributed by atoms with van der Waals surface area (Å²) in [4.78, 5) is 8.80. The number of nitrogens with zero attached hydrogens (tertiary/aromatic N) is 2. The molecule has 0 unspecified atom stereocenters. The monoisotopic (exact) mass is 297 g/mol. The summed E-state index contributed by atoms with van der Waals surface area (Å²) in [5.74, 6) is 0. The Kier molecular flexibility index (Phi) is 8.86. The highest BCUT2D eigenvalue weighted by molar-refractivity contribution is 7.15. The van der Waals surface area contributed by atoms with Crippen LogP contribution in [0.25, 0.3) is 0 Å². The van der Waals surface area contributed by atoms with E-state index in [2.05, 4.69) is 37.9 Å². The van der Waals surface area contributed by atoms with Crippen LogP contribution in [0.4, 0.5) is 5.13 Å². The lowest BCUT2D eigenvalue weighted by Crippen LogP contribution is -2.25. The van der Waals surface area contributed by atoms with Crippen LogP contribution in [-0.4, -0.2) is 24.6 Å². The number of aryl methyl sites for hydroxylation is 1. The molecule has 0 aliphatic carbocycles. The van der Waals surface area contributed by atoms with Crippen LogP contribution >= 0.6 is 11.3 Å². The molecule has 0 aliphatic rings. The molecule has 1 N–H and O–H groups in total. The van der Waals surface area contributed by atoms with E-state index in [0.29, 0.717) is 0 Å². The molecule has 0 saturated heterocycles. The van der Waals surface area contributed by atoms with Gasteiger partial charge in [0.15, 0.2) is 5.13 Å². The average molecular weight is 298 g/mol. The molecule has 0 bridgehead atoms. The molecule has 1 aromatic rings. The fraction of sp³-hybridized carbons (Fsp3) is 0.812. The quantitative estimate of drug-likeness (QED) is 0.663. The molecule has 4 heteroatoms. The van der Waals surface area contributed by atoms with Gasteiger partial charge in [0.1, 0.15) is 0 Å². The van der Waals surface area contributed by atoms with Crippen molar-refractivity contribution in [1.82, 2.24) is 10.3 Å². The fourth-order valence-electron chi connectivity index (χ4n) is 2.16. The predicted molar refractivity (Wildman–Crippen MR) is 90.9 cm³/mol. The molecule has 1 aromatic heterocycles. The van der Waals surface area contributed by atoms with Crippen LogP contribution in [0.2, 0.25) is 0 Å². The Bertz CT molecular complexity index is 355. The molecular formula is C16H31N3S. The van der Waals surface area contributed by atoms with E-state index in [1.807, 2.05) is 11.3 Å². The highest BCUT2D eigenvalue weighted by Crippen LogP contribution is 2.27. The Balaban J connectivity index is 2.79. The number of hydrogen-bond acceptors (Lipinski definition) is 4. The number of hydrogen-bond donors (Lipinski definition) is 1. The third kappa shape index (κ3) is 5.41. The molecule has 0 radical (unpaired) electrons. The van der Waals surface area contributed by atoms with E-state index in [-0.39, 0.29) is 0 Å². The molecule has 0 spiro atoms. The first-order chi connectivity index (χ1) is 9.76. The van der Waals surface area contributed by atoms with Gasteiger partial charge in [0.25, 0.3) is 0 Å². The Hall–Kier alpha value is -0.610. The van der Waals surface area contributed by atoms with Crippen molar-refractivity contribution in [2.24, 2.45) is 0 Å². The zero-order valence-corrected chi connectivity index (χ0v) is 14.5. The fourth-order valence-corrected chi connectivity index (χ4v) is 3.33.